The van der Waals surface area contributed by atoms with Gasteiger partial charge in [0.25, 0.3) is 0 Å². The van der Waals surface area contributed by atoms with Crippen molar-refractivity contribution in [2.45, 2.75) is 0 Å². The van der Waals surface area contributed by atoms with Crippen LogP contribution in [-0.4, -0.2) is 0 Å². The van der Waals surface area contributed by atoms with Crippen molar-refractivity contribution in [1.29, 1.82) is 0 Å². The molecule has 0 amide bonds. The van der Waals surface area contributed by atoms with E-state index in [0.29, 0.717) is 0 Å². The van der Waals surface area contributed by atoms with Crippen LogP contribution in [0.25, 0.3) is 0 Å². The molecule has 32 heavy (non-hydrogen) atoms. The van der Waals surface area contributed by atoms with E-state index in [0.717, 1.165) is 45.0 Å². The first-order valence-corrected chi connectivity index (χ1v) is 10.0. The second kappa shape index (κ2) is 9.80. The molecule has 4 aromatic rings. The average Bonchev–Trinajstić information content (AvgIpc) is 2.83. The highest BCUT2D eigenvalue weighted by Gasteiger charge is 1.94. The van der Waals surface area contributed by atoms with Crippen molar-refractivity contribution < 1.29 is 0 Å². The lowest BCUT2D eigenvalue weighted by Crippen LogP contribution is -1.83. The summed E-state index contributed by atoms with van der Waals surface area (Å²) >= 11 is 0. The monoisotopic (exact) mass is 412 g/mol. The quantitative estimate of drug-likeness (QED) is 0.238. The molecular formula is C28H20N4. The molecule has 152 valence electrons. The van der Waals surface area contributed by atoms with E-state index in [9.17, 15) is 0 Å². The van der Waals surface area contributed by atoms with Crippen LogP contribution in [0.2, 0.25) is 0 Å². The van der Waals surface area contributed by atoms with Crippen LogP contribution in [0.1, 0.15) is 22.3 Å². The first kappa shape index (κ1) is 20.5. The summed E-state index contributed by atoms with van der Waals surface area (Å²) in [6.07, 6.45) is 0. The number of nitrogen functional groups attached to an aromatic ring is 2. The molecule has 0 fully saturated rings. The van der Waals surface area contributed by atoms with Gasteiger partial charge in [-0.3, -0.25) is 0 Å². The lowest BCUT2D eigenvalue weighted by molar-refractivity contribution is 1.23. The Kier molecular flexibility index (Phi) is 6.27. The van der Waals surface area contributed by atoms with Crippen molar-refractivity contribution in [1.82, 2.24) is 0 Å². The van der Waals surface area contributed by atoms with Gasteiger partial charge in [-0.1, -0.05) is 23.7 Å². The zero-order valence-electron chi connectivity index (χ0n) is 17.3. The molecule has 4 rings (SSSR count). The molecule has 0 saturated carbocycles. The van der Waals surface area contributed by atoms with Gasteiger partial charge in [0.15, 0.2) is 0 Å². The largest absolute Gasteiger partial charge is 0.399 e. The molecule has 4 heteroatoms. The smallest absolute Gasteiger partial charge is 0.0857 e. The molecule has 4 aromatic carbocycles. The summed E-state index contributed by atoms with van der Waals surface area (Å²) in [6, 6.07) is 30.2. The molecule has 4 nitrogen and oxygen atoms in total. The minimum Gasteiger partial charge on any atom is -0.399 e. The van der Waals surface area contributed by atoms with E-state index in [2.05, 4.69) is 33.9 Å². The first-order chi connectivity index (χ1) is 15.6. The van der Waals surface area contributed by atoms with Gasteiger partial charge in [-0.15, -0.1) is 0 Å². The predicted molar refractivity (Wildman–Crippen MR) is 131 cm³/mol. The van der Waals surface area contributed by atoms with E-state index in [4.69, 9.17) is 11.5 Å². The Morgan fingerprint density at radius 2 is 0.625 bits per heavy atom. The molecule has 0 heterocycles. The third kappa shape index (κ3) is 5.86. The molecule has 0 aliphatic heterocycles. The third-order valence-corrected chi connectivity index (χ3v) is 4.54. The maximum atomic E-state index is 5.69. The van der Waals surface area contributed by atoms with Gasteiger partial charge in [0.1, 0.15) is 0 Å². The number of hydrogen-bond acceptors (Lipinski definition) is 4. The van der Waals surface area contributed by atoms with Gasteiger partial charge in [-0.05, 0) is 97.1 Å². The minimum absolute atomic E-state index is 0.728. The number of benzene rings is 4. The summed E-state index contributed by atoms with van der Waals surface area (Å²) in [5.74, 6) is 12.5. The van der Waals surface area contributed by atoms with E-state index >= 15 is 0 Å². The summed E-state index contributed by atoms with van der Waals surface area (Å²) in [4.78, 5) is 0. The molecule has 0 aromatic heterocycles. The first-order valence-electron chi connectivity index (χ1n) is 10.0. The predicted octanol–water partition coefficient (Wildman–Crippen LogP) is 6.07. The SMILES string of the molecule is Nc1ccc(C#Cc2ccc(N=Nc3ccc(C#Cc4ccc(N)cc4)cc3)cc2)cc1. The molecule has 0 atom stereocenters. The Hall–Kier alpha value is -4.80. The van der Waals surface area contributed by atoms with Crippen LogP contribution in [0.5, 0.6) is 0 Å². The summed E-state index contributed by atoms with van der Waals surface area (Å²) < 4.78 is 0. The zero-order valence-corrected chi connectivity index (χ0v) is 17.3. The van der Waals surface area contributed by atoms with Crippen LogP contribution < -0.4 is 11.5 Å². The van der Waals surface area contributed by atoms with Gasteiger partial charge in [-0.25, -0.2) is 0 Å². The second-order valence-corrected chi connectivity index (χ2v) is 7.04. The molecule has 0 radical (unpaired) electrons. The lowest BCUT2D eigenvalue weighted by Gasteiger charge is -1.96. The van der Waals surface area contributed by atoms with Gasteiger partial charge < -0.3 is 11.5 Å². The van der Waals surface area contributed by atoms with Gasteiger partial charge in [-0.2, -0.15) is 10.2 Å². The van der Waals surface area contributed by atoms with E-state index in [1.165, 1.54) is 0 Å². The van der Waals surface area contributed by atoms with Crippen LogP contribution in [0.4, 0.5) is 22.7 Å². The molecule has 0 aliphatic rings. The Bertz CT molecular complexity index is 1230. The van der Waals surface area contributed by atoms with Crippen molar-refractivity contribution in [3.63, 3.8) is 0 Å². The molecule has 0 spiro atoms. The van der Waals surface area contributed by atoms with Gasteiger partial charge in [0.05, 0.1) is 11.4 Å². The molecule has 0 unspecified atom stereocenters. The van der Waals surface area contributed by atoms with E-state index in [-0.39, 0.29) is 0 Å². The van der Waals surface area contributed by atoms with E-state index in [1.54, 1.807) is 0 Å². The highest BCUT2D eigenvalue weighted by atomic mass is 15.1. The molecule has 4 N–H and O–H groups in total. The highest BCUT2D eigenvalue weighted by Crippen LogP contribution is 2.19. The number of rotatable bonds is 2. The second-order valence-electron chi connectivity index (χ2n) is 7.04. The van der Waals surface area contributed by atoms with Crippen molar-refractivity contribution in [2.24, 2.45) is 10.2 Å². The number of hydrogen-bond donors (Lipinski definition) is 2. The Morgan fingerprint density at radius 1 is 0.375 bits per heavy atom. The standard InChI is InChI=1S/C28H20N4/c29-25-13-5-21(6-14-25)1-3-23-9-17-27(18-10-23)31-32-28-19-11-24(12-20-28)4-2-22-7-15-26(30)16-8-22/h5-20H,29-30H2. The van der Waals surface area contributed by atoms with Crippen molar-refractivity contribution in [2.75, 3.05) is 11.5 Å². The van der Waals surface area contributed by atoms with Gasteiger partial charge >= 0.3 is 0 Å². The summed E-state index contributed by atoms with van der Waals surface area (Å²) in [5.41, 5.74) is 18.0. The van der Waals surface area contributed by atoms with Crippen molar-refractivity contribution in [3.05, 3.63) is 119 Å². The van der Waals surface area contributed by atoms with Gasteiger partial charge in [0.2, 0.25) is 0 Å². The summed E-state index contributed by atoms with van der Waals surface area (Å²) in [7, 11) is 0. The van der Waals surface area contributed by atoms with E-state index < -0.39 is 0 Å². The topological polar surface area (TPSA) is 76.8 Å². The molecule has 0 bridgehead atoms. The molecular weight excluding hydrogens is 392 g/mol. The highest BCUT2D eigenvalue weighted by molar-refractivity contribution is 5.51. The van der Waals surface area contributed by atoms with Crippen LogP contribution in [0.15, 0.2) is 107 Å². The fraction of sp³-hybridized carbons (Fsp3) is 0. The van der Waals surface area contributed by atoms with Crippen LogP contribution in [0, 0.1) is 23.7 Å². The maximum absolute atomic E-state index is 5.69. The number of anilines is 2. The van der Waals surface area contributed by atoms with Crippen molar-refractivity contribution >= 4 is 22.7 Å². The fourth-order valence-electron chi connectivity index (χ4n) is 2.76. The maximum Gasteiger partial charge on any atom is 0.0857 e. The Morgan fingerprint density at radius 3 is 0.906 bits per heavy atom. The zero-order chi connectivity index (χ0) is 22.2. The number of azo groups is 1. The van der Waals surface area contributed by atoms with Crippen LogP contribution in [-0.2, 0) is 0 Å². The number of nitrogens with two attached hydrogens (primary N) is 2. The average molecular weight is 412 g/mol. The molecule has 0 saturated heterocycles. The van der Waals surface area contributed by atoms with Gasteiger partial charge in [0, 0.05) is 33.6 Å². The summed E-state index contributed by atoms with van der Waals surface area (Å²) in [6.45, 7) is 0. The lowest BCUT2D eigenvalue weighted by atomic mass is 10.1. The fourth-order valence-corrected chi connectivity index (χ4v) is 2.76. The van der Waals surface area contributed by atoms with Crippen LogP contribution in [0.3, 0.4) is 0 Å². The Balaban J connectivity index is 1.38. The third-order valence-electron chi connectivity index (χ3n) is 4.54. The van der Waals surface area contributed by atoms with Crippen molar-refractivity contribution in [3.8, 4) is 23.7 Å². The number of nitrogens with zero attached hydrogens (tertiary/aromatic N) is 2. The van der Waals surface area contributed by atoms with E-state index in [1.807, 2.05) is 97.1 Å². The minimum atomic E-state index is 0.728. The molecule has 0 aliphatic carbocycles. The normalized spacial score (nSPS) is 10.1. The van der Waals surface area contributed by atoms with Crippen LogP contribution >= 0.6 is 0 Å². The summed E-state index contributed by atoms with van der Waals surface area (Å²) in [5, 5.41) is 8.58. The Labute approximate surface area is 187 Å².